The lowest BCUT2D eigenvalue weighted by atomic mass is 10.1. The Labute approximate surface area is 82.0 Å². The first-order valence-electron chi connectivity index (χ1n) is 5.64. The van der Waals surface area contributed by atoms with Crippen LogP contribution >= 0.6 is 0 Å². The Morgan fingerprint density at radius 3 is 2.77 bits per heavy atom. The van der Waals surface area contributed by atoms with Gasteiger partial charge in [-0.3, -0.25) is 4.99 Å². The Morgan fingerprint density at radius 1 is 1.31 bits per heavy atom. The van der Waals surface area contributed by atoms with Crippen molar-refractivity contribution in [2.24, 2.45) is 4.99 Å². The minimum atomic E-state index is 0.714. The molecular weight excluding hydrogens is 160 g/mol. The first-order valence-corrected chi connectivity index (χ1v) is 5.64. The van der Waals surface area contributed by atoms with Crippen molar-refractivity contribution >= 4 is 6.34 Å². The number of hydrogen-bond acceptors (Lipinski definition) is 2. The Bertz CT molecular complexity index is 154. The van der Waals surface area contributed by atoms with Crippen molar-refractivity contribution < 1.29 is 0 Å². The van der Waals surface area contributed by atoms with Crippen LogP contribution in [-0.2, 0) is 0 Å². The lowest BCUT2D eigenvalue weighted by Gasteiger charge is -2.23. The van der Waals surface area contributed by atoms with Gasteiger partial charge in [-0.15, -0.1) is 0 Å². The molecule has 0 aromatic heterocycles. The van der Waals surface area contributed by atoms with E-state index in [1.54, 1.807) is 0 Å². The van der Waals surface area contributed by atoms with Crippen LogP contribution in [0.4, 0.5) is 0 Å². The predicted molar refractivity (Wildman–Crippen MR) is 58.3 cm³/mol. The zero-order chi connectivity index (χ0) is 9.52. The minimum Gasteiger partial charge on any atom is -0.358 e. The molecule has 0 bridgehead atoms. The summed E-state index contributed by atoms with van der Waals surface area (Å²) in [5, 5.41) is 0. The SMILES string of the molecule is CCCCC1CN=CN1CCCC. The Hall–Kier alpha value is -0.530. The second-order valence-electron chi connectivity index (χ2n) is 3.87. The third-order valence-corrected chi connectivity index (χ3v) is 2.68. The van der Waals surface area contributed by atoms with Crippen molar-refractivity contribution in [1.82, 2.24) is 4.90 Å². The smallest absolute Gasteiger partial charge is 0.0853 e. The summed E-state index contributed by atoms with van der Waals surface area (Å²) in [5.41, 5.74) is 0. The molecule has 2 nitrogen and oxygen atoms in total. The van der Waals surface area contributed by atoms with Gasteiger partial charge in [-0.25, -0.2) is 0 Å². The minimum absolute atomic E-state index is 0.714. The Balaban J connectivity index is 2.21. The van der Waals surface area contributed by atoms with Crippen LogP contribution in [-0.4, -0.2) is 30.4 Å². The number of hydrogen-bond donors (Lipinski definition) is 0. The summed E-state index contributed by atoms with van der Waals surface area (Å²) in [6.45, 7) is 6.73. The first kappa shape index (κ1) is 10.6. The molecule has 0 fully saturated rings. The van der Waals surface area contributed by atoms with Crippen LogP contribution < -0.4 is 0 Å². The molecule has 1 rings (SSSR count). The van der Waals surface area contributed by atoms with Crippen LogP contribution in [0.2, 0.25) is 0 Å². The monoisotopic (exact) mass is 182 g/mol. The molecule has 0 aromatic carbocycles. The summed E-state index contributed by atoms with van der Waals surface area (Å²) < 4.78 is 0. The van der Waals surface area contributed by atoms with Crippen LogP contribution in [0, 0.1) is 0 Å². The highest BCUT2D eigenvalue weighted by molar-refractivity contribution is 5.57. The number of aliphatic imine (C=N–C) groups is 1. The summed E-state index contributed by atoms with van der Waals surface area (Å²) in [4.78, 5) is 6.78. The molecular formula is C11H22N2. The largest absolute Gasteiger partial charge is 0.358 e. The van der Waals surface area contributed by atoms with Crippen molar-refractivity contribution in [3.63, 3.8) is 0 Å². The van der Waals surface area contributed by atoms with Gasteiger partial charge in [0.1, 0.15) is 0 Å². The Kier molecular flexibility index (Phi) is 4.87. The number of rotatable bonds is 6. The second kappa shape index (κ2) is 6.01. The van der Waals surface area contributed by atoms with E-state index in [2.05, 4.69) is 30.1 Å². The summed E-state index contributed by atoms with van der Waals surface area (Å²) in [6.07, 6.45) is 8.60. The highest BCUT2D eigenvalue weighted by Crippen LogP contribution is 2.13. The van der Waals surface area contributed by atoms with Gasteiger partial charge in [-0.2, -0.15) is 0 Å². The number of unbranched alkanes of at least 4 members (excludes halogenated alkanes) is 2. The van der Waals surface area contributed by atoms with Crippen LogP contribution in [0.5, 0.6) is 0 Å². The van der Waals surface area contributed by atoms with Crippen molar-refractivity contribution in [2.45, 2.75) is 52.0 Å². The van der Waals surface area contributed by atoms with E-state index in [1.165, 1.54) is 38.6 Å². The standard InChI is InChI=1S/C11H22N2/c1-3-5-7-11-9-12-10-13(11)8-6-4-2/h10-11H,3-9H2,1-2H3. The van der Waals surface area contributed by atoms with Gasteiger partial charge in [-0.1, -0.05) is 33.1 Å². The molecule has 1 unspecified atom stereocenters. The zero-order valence-electron chi connectivity index (χ0n) is 9.00. The van der Waals surface area contributed by atoms with Crippen molar-refractivity contribution in [1.29, 1.82) is 0 Å². The van der Waals surface area contributed by atoms with Gasteiger partial charge in [0.05, 0.1) is 12.9 Å². The van der Waals surface area contributed by atoms with Crippen LogP contribution in [0.15, 0.2) is 4.99 Å². The molecule has 76 valence electrons. The van der Waals surface area contributed by atoms with Gasteiger partial charge in [-0.05, 0) is 12.8 Å². The van der Waals surface area contributed by atoms with Gasteiger partial charge in [0.2, 0.25) is 0 Å². The quantitative estimate of drug-likeness (QED) is 0.616. The summed E-state index contributed by atoms with van der Waals surface area (Å²) in [7, 11) is 0. The maximum atomic E-state index is 4.35. The molecule has 0 radical (unpaired) electrons. The average Bonchev–Trinajstić information content (AvgIpc) is 2.59. The van der Waals surface area contributed by atoms with Gasteiger partial charge < -0.3 is 4.90 Å². The van der Waals surface area contributed by atoms with Crippen molar-refractivity contribution in [2.75, 3.05) is 13.1 Å². The molecule has 0 aromatic rings. The summed E-state index contributed by atoms with van der Waals surface area (Å²) in [6, 6.07) is 0.714. The molecule has 0 N–H and O–H groups in total. The van der Waals surface area contributed by atoms with Crippen LogP contribution in [0.1, 0.15) is 46.0 Å². The third kappa shape index (κ3) is 3.37. The van der Waals surface area contributed by atoms with E-state index < -0.39 is 0 Å². The molecule has 1 heterocycles. The second-order valence-corrected chi connectivity index (χ2v) is 3.87. The zero-order valence-corrected chi connectivity index (χ0v) is 9.00. The molecule has 0 spiro atoms. The average molecular weight is 182 g/mol. The highest BCUT2D eigenvalue weighted by Gasteiger charge is 2.18. The van der Waals surface area contributed by atoms with E-state index in [0.29, 0.717) is 6.04 Å². The van der Waals surface area contributed by atoms with E-state index in [9.17, 15) is 0 Å². The number of nitrogens with zero attached hydrogens (tertiary/aromatic N) is 2. The molecule has 1 aliphatic heterocycles. The molecule has 1 atom stereocenters. The topological polar surface area (TPSA) is 15.6 Å². The Morgan fingerprint density at radius 2 is 2.08 bits per heavy atom. The van der Waals surface area contributed by atoms with Crippen LogP contribution in [0.3, 0.4) is 0 Å². The molecule has 1 aliphatic rings. The maximum Gasteiger partial charge on any atom is 0.0853 e. The van der Waals surface area contributed by atoms with Crippen LogP contribution in [0.25, 0.3) is 0 Å². The predicted octanol–water partition coefficient (Wildman–Crippen LogP) is 2.69. The lowest BCUT2D eigenvalue weighted by Crippen LogP contribution is -2.32. The molecule has 0 saturated heterocycles. The molecule has 13 heavy (non-hydrogen) atoms. The molecule has 0 saturated carbocycles. The summed E-state index contributed by atoms with van der Waals surface area (Å²) >= 11 is 0. The molecule has 0 aliphatic carbocycles. The highest BCUT2D eigenvalue weighted by atomic mass is 15.2. The first-order chi connectivity index (χ1) is 6.38. The van der Waals surface area contributed by atoms with Gasteiger partial charge >= 0.3 is 0 Å². The van der Waals surface area contributed by atoms with Gasteiger partial charge in [0.25, 0.3) is 0 Å². The van der Waals surface area contributed by atoms with Crippen molar-refractivity contribution in [3.8, 4) is 0 Å². The maximum absolute atomic E-state index is 4.35. The van der Waals surface area contributed by atoms with Gasteiger partial charge in [0.15, 0.2) is 0 Å². The fourth-order valence-corrected chi connectivity index (χ4v) is 1.75. The fraction of sp³-hybridized carbons (Fsp3) is 0.909. The third-order valence-electron chi connectivity index (χ3n) is 2.68. The summed E-state index contributed by atoms with van der Waals surface area (Å²) in [5.74, 6) is 0. The van der Waals surface area contributed by atoms with Gasteiger partial charge in [0, 0.05) is 12.6 Å². The van der Waals surface area contributed by atoms with E-state index in [0.717, 1.165) is 6.54 Å². The molecule has 2 heteroatoms. The van der Waals surface area contributed by atoms with E-state index >= 15 is 0 Å². The van der Waals surface area contributed by atoms with E-state index in [-0.39, 0.29) is 0 Å². The molecule has 0 amide bonds. The van der Waals surface area contributed by atoms with E-state index in [4.69, 9.17) is 0 Å². The lowest BCUT2D eigenvalue weighted by molar-refractivity contribution is 0.322. The van der Waals surface area contributed by atoms with E-state index in [1.807, 2.05) is 0 Å². The normalized spacial score (nSPS) is 21.4. The fourth-order valence-electron chi connectivity index (χ4n) is 1.75. The van der Waals surface area contributed by atoms with Crippen molar-refractivity contribution in [3.05, 3.63) is 0 Å².